The van der Waals surface area contributed by atoms with Crippen LogP contribution < -0.4 is 9.51 Å². The molecule has 1 aromatic heterocycles. The first-order chi connectivity index (χ1) is 13.1. The van der Waals surface area contributed by atoms with Crippen molar-refractivity contribution in [3.8, 4) is 5.75 Å². The summed E-state index contributed by atoms with van der Waals surface area (Å²) in [5.74, 6) is -0.0388. The number of benzene rings is 1. The molecule has 2 aromatic rings. The lowest BCUT2D eigenvalue weighted by Crippen LogP contribution is -2.41. The minimum atomic E-state index is -0.577. The van der Waals surface area contributed by atoms with Crippen molar-refractivity contribution in [2.45, 2.75) is 51.9 Å². The molecule has 0 aliphatic carbocycles. The van der Waals surface area contributed by atoms with Gasteiger partial charge in [-0.3, -0.25) is 0 Å². The van der Waals surface area contributed by atoms with Crippen LogP contribution in [0.15, 0.2) is 30.3 Å². The maximum atomic E-state index is 12.3. The highest BCUT2D eigenvalue weighted by Crippen LogP contribution is 2.38. The van der Waals surface area contributed by atoms with Gasteiger partial charge in [0, 0.05) is 15.4 Å². The van der Waals surface area contributed by atoms with E-state index in [1.54, 1.807) is 12.1 Å². The van der Waals surface area contributed by atoms with Crippen LogP contribution in [0, 0.1) is 0 Å². The standard InChI is InChI=1S/C20H24BClO5S/c1-12(13-9-7-8-10-14(13)22)25-15-11-16(28-17(15)18(23)24-6)21-26-19(2,3)20(4,5)27-21/h7-12H,1-6H3/t12-/m1/s1. The predicted octanol–water partition coefficient (Wildman–Crippen LogP) is 4.63. The SMILES string of the molecule is COC(=O)c1sc(B2OC(C)(C)C(C)(C)O2)cc1O[C@H](C)c1ccccc1Cl. The fourth-order valence-corrected chi connectivity index (χ4v) is 4.11. The van der Waals surface area contributed by atoms with Crippen molar-refractivity contribution in [2.24, 2.45) is 0 Å². The summed E-state index contributed by atoms with van der Waals surface area (Å²) >= 11 is 7.53. The molecule has 1 aliphatic rings. The number of thiophene rings is 1. The first kappa shape index (κ1) is 21.2. The number of hydrogen-bond donors (Lipinski definition) is 0. The van der Waals surface area contributed by atoms with Crippen molar-refractivity contribution in [1.29, 1.82) is 0 Å². The van der Waals surface area contributed by atoms with E-state index in [-0.39, 0.29) is 6.10 Å². The van der Waals surface area contributed by atoms with E-state index in [4.69, 9.17) is 30.4 Å². The molecule has 1 aliphatic heterocycles. The second-order valence-electron chi connectivity index (χ2n) is 7.70. The Morgan fingerprint density at radius 1 is 1.18 bits per heavy atom. The third kappa shape index (κ3) is 3.94. The van der Waals surface area contributed by atoms with Gasteiger partial charge in [0.15, 0.2) is 4.88 Å². The van der Waals surface area contributed by atoms with Gasteiger partial charge in [0.2, 0.25) is 0 Å². The van der Waals surface area contributed by atoms with Gasteiger partial charge in [-0.05, 0) is 46.8 Å². The van der Waals surface area contributed by atoms with Crippen molar-refractivity contribution < 1.29 is 23.6 Å². The molecule has 0 N–H and O–H groups in total. The predicted molar refractivity (Wildman–Crippen MR) is 112 cm³/mol. The minimum Gasteiger partial charge on any atom is -0.484 e. The van der Waals surface area contributed by atoms with Gasteiger partial charge in [-0.1, -0.05) is 29.8 Å². The van der Waals surface area contributed by atoms with Gasteiger partial charge < -0.3 is 18.8 Å². The number of esters is 1. The lowest BCUT2D eigenvalue weighted by atomic mass is 9.88. The zero-order chi connectivity index (χ0) is 20.7. The van der Waals surface area contributed by atoms with Crippen LogP contribution >= 0.6 is 22.9 Å². The largest absolute Gasteiger partial charge is 0.505 e. The first-order valence-electron chi connectivity index (χ1n) is 9.04. The number of hydrogen-bond acceptors (Lipinski definition) is 6. The second-order valence-corrected chi connectivity index (χ2v) is 9.19. The smallest absolute Gasteiger partial charge is 0.484 e. The van der Waals surface area contributed by atoms with Crippen molar-refractivity contribution in [3.63, 3.8) is 0 Å². The topological polar surface area (TPSA) is 54.0 Å². The Labute approximate surface area is 175 Å². The van der Waals surface area contributed by atoms with Gasteiger partial charge >= 0.3 is 13.1 Å². The van der Waals surface area contributed by atoms with Gasteiger partial charge in [-0.25, -0.2) is 4.79 Å². The quantitative estimate of drug-likeness (QED) is 0.519. The number of methoxy groups -OCH3 is 1. The van der Waals surface area contributed by atoms with Crippen LogP contribution in [0.2, 0.25) is 5.02 Å². The van der Waals surface area contributed by atoms with E-state index in [0.717, 1.165) is 10.3 Å². The van der Waals surface area contributed by atoms with Crippen molar-refractivity contribution >= 4 is 40.8 Å². The monoisotopic (exact) mass is 422 g/mol. The van der Waals surface area contributed by atoms with Gasteiger partial charge in [0.1, 0.15) is 11.9 Å². The highest BCUT2D eigenvalue weighted by molar-refractivity contribution is 7.24. The lowest BCUT2D eigenvalue weighted by Gasteiger charge is -2.32. The van der Waals surface area contributed by atoms with Crippen LogP contribution in [0.1, 0.15) is 56.0 Å². The summed E-state index contributed by atoms with van der Waals surface area (Å²) < 4.78 is 24.0. The third-order valence-electron chi connectivity index (χ3n) is 5.22. The van der Waals surface area contributed by atoms with E-state index in [2.05, 4.69) is 0 Å². The Bertz CT molecular complexity index is 863. The van der Waals surface area contributed by atoms with Gasteiger partial charge in [-0.15, -0.1) is 11.3 Å². The van der Waals surface area contributed by atoms with Crippen LogP contribution in [-0.4, -0.2) is 31.4 Å². The Kier molecular flexibility index (Phi) is 5.83. The maximum absolute atomic E-state index is 12.3. The molecule has 1 atom stereocenters. The van der Waals surface area contributed by atoms with Crippen molar-refractivity contribution in [3.05, 3.63) is 45.8 Å². The van der Waals surface area contributed by atoms with Crippen LogP contribution in [0.3, 0.4) is 0 Å². The molecule has 0 radical (unpaired) electrons. The Balaban J connectivity index is 1.91. The average molecular weight is 423 g/mol. The second kappa shape index (κ2) is 7.71. The molecule has 0 amide bonds. The summed E-state index contributed by atoms with van der Waals surface area (Å²) in [7, 11) is 0.768. The summed E-state index contributed by atoms with van der Waals surface area (Å²) in [4.78, 5) is 12.7. The van der Waals surface area contributed by atoms with Crippen LogP contribution in [0.5, 0.6) is 5.75 Å². The number of rotatable bonds is 5. The molecule has 28 heavy (non-hydrogen) atoms. The van der Waals surface area contributed by atoms with E-state index in [0.29, 0.717) is 15.6 Å². The van der Waals surface area contributed by atoms with Crippen LogP contribution in [0.25, 0.3) is 0 Å². The molecule has 8 heteroatoms. The average Bonchev–Trinajstić information content (AvgIpc) is 3.12. The van der Waals surface area contributed by atoms with Crippen molar-refractivity contribution in [2.75, 3.05) is 7.11 Å². The van der Waals surface area contributed by atoms with E-state index in [1.165, 1.54) is 18.4 Å². The molecule has 1 aromatic carbocycles. The fraction of sp³-hybridized carbons (Fsp3) is 0.450. The normalized spacial score (nSPS) is 18.8. The van der Waals surface area contributed by atoms with Crippen LogP contribution in [0.4, 0.5) is 0 Å². The zero-order valence-electron chi connectivity index (χ0n) is 16.9. The summed E-state index contributed by atoms with van der Waals surface area (Å²) in [5, 5.41) is 0.607. The molecule has 1 fully saturated rings. The third-order valence-corrected chi connectivity index (χ3v) is 6.68. The highest BCUT2D eigenvalue weighted by Gasteiger charge is 2.52. The van der Waals surface area contributed by atoms with E-state index < -0.39 is 24.3 Å². The van der Waals surface area contributed by atoms with Gasteiger partial charge in [-0.2, -0.15) is 0 Å². The number of ether oxygens (including phenoxy) is 2. The molecule has 2 heterocycles. The fourth-order valence-electron chi connectivity index (χ4n) is 2.85. The summed E-state index contributed by atoms with van der Waals surface area (Å²) in [6.07, 6.45) is -0.349. The molecule has 150 valence electrons. The number of halogens is 1. The Morgan fingerprint density at radius 2 is 1.79 bits per heavy atom. The van der Waals surface area contributed by atoms with Crippen molar-refractivity contribution in [1.82, 2.24) is 0 Å². The molecule has 1 saturated heterocycles. The van der Waals surface area contributed by atoms with E-state index >= 15 is 0 Å². The summed E-state index contributed by atoms with van der Waals surface area (Å²) in [6, 6.07) is 9.24. The Morgan fingerprint density at radius 3 is 2.36 bits per heavy atom. The molecule has 5 nitrogen and oxygen atoms in total. The number of carbonyl (C=O) groups is 1. The number of carbonyl (C=O) groups excluding carboxylic acids is 1. The summed E-state index contributed by atoms with van der Waals surface area (Å²) in [5.41, 5.74) is -0.110. The van der Waals surface area contributed by atoms with E-state index in [9.17, 15) is 4.79 Å². The first-order valence-corrected chi connectivity index (χ1v) is 10.2. The van der Waals surface area contributed by atoms with Gasteiger partial charge in [0.05, 0.1) is 18.3 Å². The molecular formula is C20H24BClO5S. The van der Waals surface area contributed by atoms with Gasteiger partial charge in [0.25, 0.3) is 0 Å². The van der Waals surface area contributed by atoms with E-state index in [1.807, 2.05) is 52.8 Å². The zero-order valence-corrected chi connectivity index (χ0v) is 18.4. The minimum absolute atomic E-state index is 0.349. The molecular weight excluding hydrogens is 399 g/mol. The maximum Gasteiger partial charge on any atom is 0.505 e. The molecule has 0 spiro atoms. The molecule has 0 unspecified atom stereocenters. The highest BCUT2D eigenvalue weighted by atomic mass is 35.5. The van der Waals surface area contributed by atoms with Crippen LogP contribution in [-0.2, 0) is 14.0 Å². The lowest BCUT2D eigenvalue weighted by molar-refractivity contribution is 0.00578. The summed E-state index contributed by atoms with van der Waals surface area (Å²) in [6.45, 7) is 9.82. The molecule has 0 bridgehead atoms. The molecule has 0 saturated carbocycles. The molecule has 3 rings (SSSR count). The Hall–Kier alpha value is -1.54.